The quantitative estimate of drug-likeness (QED) is 0.917. The van der Waals surface area contributed by atoms with Crippen LogP contribution in [0.3, 0.4) is 0 Å². The largest absolute Gasteiger partial charge is 0.497 e. The fourth-order valence-corrected chi connectivity index (χ4v) is 3.44. The number of aliphatic hydroxyl groups is 1. The summed E-state index contributed by atoms with van der Waals surface area (Å²) in [6, 6.07) is 11.7. The molecule has 2 aromatic carbocycles. The van der Waals surface area contributed by atoms with Gasteiger partial charge in [-0.05, 0) is 23.8 Å². The molecule has 2 aliphatic heterocycles. The molecule has 2 heterocycles. The number of hydrogen-bond donors (Lipinski definition) is 1. The molecule has 0 saturated carbocycles. The molecule has 2 aromatic rings. The normalized spacial score (nSPS) is 27.3. The number of rotatable bonds is 2. The lowest BCUT2D eigenvalue weighted by Crippen LogP contribution is -2.45. The predicted octanol–water partition coefficient (Wildman–Crippen LogP) is 3.29. The van der Waals surface area contributed by atoms with Gasteiger partial charge in [0.15, 0.2) is 11.5 Å². The molecule has 0 fully saturated rings. The Morgan fingerprint density at radius 3 is 2.42 bits per heavy atom. The van der Waals surface area contributed by atoms with Crippen LogP contribution >= 0.6 is 0 Å². The van der Waals surface area contributed by atoms with E-state index in [4.69, 9.17) is 18.9 Å². The summed E-state index contributed by atoms with van der Waals surface area (Å²) in [6.45, 7) is 3.89. The third-order valence-corrected chi connectivity index (χ3v) is 4.98. The molecule has 4 rings (SSSR count). The van der Waals surface area contributed by atoms with Gasteiger partial charge in [-0.25, -0.2) is 0 Å². The van der Waals surface area contributed by atoms with Gasteiger partial charge in [0.2, 0.25) is 12.6 Å². The van der Waals surface area contributed by atoms with E-state index in [0.29, 0.717) is 17.2 Å². The first-order valence-corrected chi connectivity index (χ1v) is 7.98. The molecule has 0 aliphatic carbocycles. The molecule has 0 saturated heterocycles. The second kappa shape index (κ2) is 5.31. The average Bonchev–Trinajstić information content (AvgIpc) is 3.01. The van der Waals surface area contributed by atoms with Crippen molar-refractivity contribution < 1.29 is 24.1 Å². The number of ether oxygens (including phenoxy) is 4. The molecule has 5 heteroatoms. The number of fused-ring (bicyclic) bond motifs is 2. The van der Waals surface area contributed by atoms with Crippen LogP contribution in [-0.4, -0.2) is 24.8 Å². The molecule has 3 atom stereocenters. The van der Waals surface area contributed by atoms with E-state index >= 15 is 0 Å². The lowest BCUT2D eigenvalue weighted by atomic mass is 9.75. The second-order valence-corrected chi connectivity index (χ2v) is 6.44. The third-order valence-electron chi connectivity index (χ3n) is 4.98. The predicted molar refractivity (Wildman–Crippen MR) is 87.8 cm³/mol. The highest BCUT2D eigenvalue weighted by Crippen LogP contribution is 2.51. The molecule has 2 aliphatic rings. The maximum atomic E-state index is 10.8. The third kappa shape index (κ3) is 2.27. The average molecular weight is 328 g/mol. The van der Waals surface area contributed by atoms with Gasteiger partial charge in [0.05, 0.1) is 7.11 Å². The van der Waals surface area contributed by atoms with Gasteiger partial charge in [-0.3, -0.25) is 0 Å². The Morgan fingerprint density at radius 2 is 1.75 bits per heavy atom. The van der Waals surface area contributed by atoms with E-state index in [-0.39, 0.29) is 18.6 Å². The highest BCUT2D eigenvalue weighted by Gasteiger charge is 2.44. The van der Waals surface area contributed by atoms with Gasteiger partial charge in [-0.2, -0.15) is 0 Å². The standard InChI is InChI=1S/C19H20O5/c1-11-18(12-4-6-13(21-3)7-5-12)14-8-16-17(23-10-22-16)9-15(14)24-19(11,2)20/h4-9,11,18,20H,10H2,1-3H3/t11-,18+,19?/m0/s1. The summed E-state index contributed by atoms with van der Waals surface area (Å²) >= 11 is 0. The Morgan fingerprint density at radius 1 is 1.08 bits per heavy atom. The first-order chi connectivity index (χ1) is 11.5. The summed E-state index contributed by atoms with van der Waals surface area (Å²) in [5.41, 5.74) is 2.08. The van der Waals surface area contributed by atoms with Crippen molar-refractivity contribution in [3.05, 3.63) is 47.5 Å². The maximum absolute atomic E-state index is 10.8. The minimum atomic E-state index is -1.27. The summed E-state index contributed by atoms with van der Waals surface area (Å²) in [4.78, 5) is 0. The molecule has 0 spiro atoms. The monoisotopic (exact) mass is 328 g/mol. The van der Waals surface area contributed by atoms with Gasteiger partial charge in [0.1, 0.15) is 11.5 Å². The minimum absolute atomic E-state index is 0.0239. The highest BCUT2D eigenvalue weighted by molar-refractivity contribution is 5.56. The van der Waals surface area contributed by atoms with E-state index in [0.717, 1.165) is 16.9 Å². The van der Waals surface area contributed by atoms with Crippen LogP contribution in [0.1, 0.15) is 30.9 Å². The Hall–Kier alpha value is -2.40. The van der Waals surface area contributed by atoms with Gasteiger partial charge in [-0.1, -0.05) is 19.1 Å². The molecule has 0 bridgehead atoms. The van der Waals surface area contributed by atoms with Crippen molar-refractivity contribution in [2.45, 2.75) is 25.6 Å². The van der Waals surface area contributed by atoms with E-state index in [1.54, 1.807) is 20.1 Å². The fourth-order valence-electron chi connectivity index (χ4n) is 3.44. The molecular weight excluding hydrogens is 308 g/mol. The number of benzene rings is 2. The van der Waals surface area contributed by atoms with Crippen molar-refractivity contribution in [1.29, 1.82) is 0 Å². The van der Waals surface area contributed by atoms with Gasteiger partial charge in [0, 0.05) is 30.4 Å². The Labute approximate surface area is 140 Å². The van der Waals surface area contributed by atoms with Crippen molar-refractivity contribution >= 4 is 0 Å². The zero-order valence-electron chi connectivity index (χ0n) is 13.9. The summed E-state index contributed by atoms with van der Waals surface area (Å²) < 4.78 is 22.0. The van der Waals surface area contributed by atoms with Crippen LogP contribution < -0.4 is 18.9 Å². The molecule has 0 radical (unpaired) electrons. The summed E-state index contributed by atoms with van der Waals surface area (Å²) in [5.74, 6) is 1.35. The van der Waals surface area contributed by atoms with Gasteiger partial charge in [-0.15, -0.1) is 0 Å². The lowest BCUT2D eigenvalue weighted by Gasteiger charge is -2.42. The maximum Gasteiger partial charge on any atom is 0.231 e. The van der Waals surface area contributed by atoms with Crippen LogP contribution in [0.25, 0.3) is 0 Å². The van der Waals surface area contributed by atoms with E-state index in [1.165, 1.54) is 0 Å². The van der Waals surface area contributed by atoms with Crippen LogP contribution in [-0.2, 0) is 0 Å². The Balaban J connectivity index is 1.85. The van der Waals surface area contributed by atoms with Crippen LogP contribution in [0.5, 0.6) is 23.0 Å². The summed E-state index contributed by atoms with van der Waals surface area (Å²) in [6.07, 6.45) is 0. The second-order valence-electron chi connectivity index (χ2n) is 6.44. The van der Waals surface area contributed by atoms with Crippen LogP contribution in [0.2, 0.25) is 0 Å². The van der Waals surface area contributed by atoms with E-state index in [9.17, 15) is 5.11 Å². The first-order valence-electron chi connectivity index (χ1n) is 7.98. The number of hydrogen-bond acceptors (Lipinski definition) is 5. The van der Waals surface area contributed by atoms with Gasteiger partial charge in [0.25, 0.3) is 0 Å². The summed E-state index contributed by atoms with van der Waals surface area (Å²) in [7, 11) is 1.65. The molecule has 1 N–H and O–H groups in total. The molecule has 0 amide bonds. The van der Waals surface area contributed by atoms with Crippen LogP contribution in [0, 0.1) is 5.92 Å². The molecule has 24 heavy (non-hydrogen) atoms. The van der Waals surface area contributed by atoms with Crippen LogP contribution in [0.15, 0.2) is 36.4 Å². The van der Waals surface area contributed by atoms with E-state index < -0.39 is 5.79 Å². The van der Waals surface area contributed by atoms with Crippen molar-refractivity contribution in [3.8, 4) is 23.0 Å². The molecule has 0 aromatic heterocycles. The highest BCUT2D eigenvalue weighted by atomic mass is 16.7. The SMILES string of the molecule is COc1ccc([C@@H]2c3cc4c(cc3OC(C)(O)[C@H]2C)OCO4)cc1. The molecule has 126 valence electrons. The van der Waals surface area contributed by atoms with Crippen molar-refractivity contribution in [2.75, 3.05) is 13.9 Å². The topological polar surface area (TPSA) is 57.2 Å². The van der Waals surface area contributed by atoms with E-state index in [1.807, 2.05) is 37.3 Å². The molecular formula is C19H20O5. The van der Waals surface area contributed by atoms with Crippen LogP contribution in [0.4, 0.5) is 0 Å². The van der Waals surface area contributed by atoms with Crippen molar-refractivity contribution in [3.63, 3.8) is 0 Å². The van der Waals surface area contributed by atoms with E-state index in [2.05, 4.69) is 0 Å². The molecule has 5 nitrogen and oxygen atoms in total. The Kier molecular flexibility index (Phi) is 3.35. The first kappa shape index (κ1) is 15.1. The lowest BCUT2D eigenvalue weighted by molar-refractivity contribution is -0.171. The van der Waals surface area contributed by atoms with Gasteiger partial charge >= 0.3 is 0 Å². The zero-order valence-corrected chi connectivity index (χ0v) is 13.9. The zero-order chi connectivity index (χ0) is 16.9. The molecule has 1 unspecified atom stereocenters. The number of methoxy groups -OCH3 is 1. The Bertz CT molecular complexity index is 766. The van der Waals surface area contributed by atoms with Crippen molar-refractivity contribution in [2.24, 2.45) is 5.92 Å². The minimum Gasteiger partial charge on any atom is -0.497 e. The summed E-state index contributed by atoms with van der Waals surface area (Å²) in [5, 5.41) is 10.8. The van der Waals surface area contributed by atoms with Gasteiger partial charge < -0.3 is 24.1 Å². The fraction of sp³-hybridized carbons (Fsp3) is 0.368. The smallest absolute Gasteiger partial charge is 0.231 e. The van der Waals surface area contributed by atoms with Crippen molar-refractivity contribution in [1.82, 2.24) is 0 Å².